The molecule has 4 atom stereocenters. The Labute approximate surface area is 123 Å². The Kier molecular flexibility index (Phi) is 3.97. The second kappa shape index (κ2) is 5.90. The molecule has 0 unspecified atom stereocenters. The average Bonchev–Trinajstić information content (AvgIpc) is 3.11. The number of carbonyl (C=O) groups is 1. The lowest BCUT2D eigenvalue weighted by Gasteiger charge is -2.17. The third-order valence-electron chi connectivity index (χ3n) is 4.64. The van der Waals surface area contributed by atoms with Crippen LogP contribution in [0.15, 0.2) is 40.5 Å². The highest BCUT2D eigenvalue weighted by molar-refractivity contribution is 5.67. The van der Waals surface area contributed by atoms with Crippen molar-refractivity contribution in [1.82, 2.24) is 0 Å². The van der Waals surface area contributed by atoms with Gasteiger partial charge in [-0.3, -0.25) is 4.79 Å². The maximum absolute atomic E-state index is 10.7. The van der Waals surface area contributed by atoms with Gasteiger partial charge < -0.3 is 14.6 Å². The van der Waals surface area contributed by atoms with Crippen molar-refractivity contribution < 1.29 is 19.4 Å². The van der Waals surface area contributed by atoms with Gasteiger partial charge in [-0.05, 0) is 49.3 Å². The van der Waals surface area contributed by atoms with E-state index in [4.69, 9.17) is 9.52 Å². The van der Waals surface area contributed by atoms with Gasteiger partial charge in [-0.2, -0.15) is 0 Å². The topological polar surface area (TPSA) is 70.7 Å². The van der Waals surface area contributed by atoms with Crippen LogP contribution in [0.2, 0.25) is 0 Å². The van der Waals surface area contributed by atoms with E-state index in [1.165, 1.54) is 5.57 Å². The molecule has 21 heavy (non-hydrogen) atoms. The summed E-state index contributed by atoms with van der Waals surface area (Å²) < 4.78 is 5.28. The summed E-state index contributed by atoms with van der Waals surface area (Å²) in [5, 5.41) is 19.0. The van der Waals surface area contributed by atoms with Crippen LogP contribution in [0, 0.1) is 17.8 Å². The zero-order chi connectivity index (χ0) is 14.8. The summed E-state index contributed by atoms with van der Waals surface area (Å²) in [6.45, 7) is 0. The first-order valence-electron chi connectivity index (χ1n) is 7.44. The maximum Gasteiger partial charge on any atom is 0.303 e. The molecule has 4 nitrogen and oxygen atoms in total. The van der Waals surface area contributed by atoms with Crippen molar-refractivity contribution in [1.29, 1.82) is 0 Å². The van der Waals surface area contributed by atoms with Gasteiger partial charge in [-0.25, -0.2) is 0 Å². The van der Waals surface area contributed by atoms with Gasteiger partial charge in [0.1, 0.15) is 5.76 Å². The molecule has 2 aliphatic carbocycles. The number of rotatable bonds is 5. The highest BCUT2D eigenvalue weighted by Crippen LogP contribution is 2.48. The fraction of sp³-hybridized carbons (Fsp3) is 0.471. The number of allylic oxidation sites excluding steroid dienone is 2. The number of aliphatic hydroxyl groups excluding tert-OH is 1. The Balaban J connectivity index is 1.64. The van der Waals surface area contributed by atoms with Gasteiger partial charge in [0.2, 0.25) is 0 Å². The molecule has 112 valence electrons. The summed E-state index contributed by atoms with van der Waals surface area (Å²) in [6.07, 6.45) is 9.98. The monoisotopic (exact) mass is 288 g/mol. The fourth-order valence-electron chi connectivity index (χ4n) is 3.65. The van der Waals surface area contributed by atoms with Crippen molar-refractivity contribution in [2.45, 2.75) is 31.8 Å². The molecule has 0 saturated heterocycles. The molecule has 1 heterocycles. The minimum atomic E-state index is -0.748. The van der Waals surface area contributed by atoms with Crippen molar-refractivity contribution in [3.63, 3.8) is 0 Å². The molecular formula is C17H20O4. The lowest BCUT2D eigenvalue weighted by molar-refractivity contribution is -0.136. The molecule has 1 aromatic rings. The first-order valence-corrected chi connectivity index (χ1v) is 7.44. The van der Waals surface area contributed by atoms with Crippen molar-refractivity contribution in [3.8, 4) is 0 Å². The van der Waals surface area contributed by atoms with Crippen LogP contribution in [0.4, 0.5) is 0 Å². The quantitative estimate of drug-likeness (QED) is 0.817. The van der Waals surface area contributed by atoms with Crippen LogP contribution in [0.5, 0.6) is 0 Å². The standard InChI is InChI=1S/C17H20O4/c18-16-10-12-8-11(3-6-17(19)20)9-15(12)14(16)5-4-13-2-1-7-21-13/h1-2,4-5,7-8,12,14-16,18H,3,6,9-10H2,(H,19,20)/b5-4+/t12-,14+,15-,16+/m0/s1. The number of aliphatic hydroxyl groups is 1. The van der Waals surface area contributed by atoms with E-state index in [0.717, 1.165) is 18.6 Å². The van der Waals surface area contributed by atoms with E-state index in [2.05, 4.69) is 6.08 Å². The number of aliphatic carboxylic acids is 1. The normalized spacial score (nSPS) is 31.6. The molecule has 4 heteroatoms. The van der Waals surface area contributed by atoms with E-state index in [1.807, 2.05) is 24.3 Å². The fourth-order valence-corrected chi connectivity index (χ4v) is 3.65. The second-order valence-corrected chi connectivity index (χ2v) is 6.01. The summed E-state index contributed by atoms with van der Waals surface area (Å²) in [5.74, 6) is 0.952. The maximum atomic E-state index is 10.7. The van der Waals surface area contributed by atoms with Crippen molar-refractivity contribution >= 4 is 12.0 Å². The molecule has 1 fully saturated rings. The SMILES string of the molecule is O=C(O)CCC1=C[C@H]2C[C@@H](O)[C@H](/C=C/c3ccco3)[C@H]2C1. The molecule has 2 N–H and O–H groups in total. The van der Waals surface area contributed by atoms with E-state index < -0.39 is 5.97 Å². The number of furan rings is 1. The van der Waals surface area contributed by atoms with Crippen molar-refractivity contribution in [2.24, 2.45) is 17.8 Å². The van der Waals surface area contributed by atoms with Gasteiger partial charge in [-0.15, -0.1) is 0 Å². The van der Waals surface area contributed by atoms with Crippen LogP contribution in [0.1, 0.15) is 31.4 Å². The molecule has 1 saturated carbocycles. The Bertz CT molecular complexity index is 555. The number of hydrogen-bond acceptors (Lipinski definition) is 3. The first kappa shape index (κ1) is 14.1. The molecule has 0 radical (unpaired) electrons. The van der Waals surface area contributed by atoms with E-state index in [0.29, 0.717) is 18.3 Å². The lowest BCUT2D eigenvalue weighted by atomic mass is 9.89. The Morgan fingerprint density at radius 2 is 2.33 bits per heavy atom. The van der Waals surface area contributed by atoms with Crippen molar-refractivity contribution in [2.75, 3.05) is 0 Å². The van der Waals surface area contributed by atoms with Gasteiger partial charge in [0.25, 0.3) is 0 Å². The Morgan fingerprint density at radius 1 is 1.48 bits per heavy atom. The van der Waals surface area contributed by atoms with Gasteiger partial charge >= 0.3 is 5.97 Å². The average molecular weight is 288 g/mol. The van der Waals surface area contributed by atoms with Crippen LogP contribution in [-0.2, 0) is 4.79 Å². The highest BCUT2D eigenvalue weighted by atomic mass is 16.4. The van der Waals surface area contributed by atoms with Crippen LogP contribution in [0.25, 0.3) is 6.08 Å². The number of hydrogen-bond donors (Lipinski definition) is 2. The molecule has 0 aliphatic heterocycles. The number of fused-ring (bicyclic) bond motifs is 1. The van der Waals surface area contributed by atoms with E-state index >= 15 is 0 Å². The third kappa shape index (κ3) is 3.10. The van der Waals surface area contributed by atoms with Crippen molar-refractivity contribution in [3.05, 3.63) is 41.9 Å². The second-order valence-electron chi connectivity index (χ2n) is 6.01. The van der Waals surface area contributed by atoms with Crippen LogP contribution in [-0.4, -0.2) is 22.3 Å². The molecule has 0 spiro atoms. The Morgan fingerprint density at radius 3 is 3.05 bits per heavy atom. The van der Waals surface area contributed by atoms with Crippen LogP contribution < -0.4 is 0 Å². The number of carboxylic acids is 1. The minimum Gasteiger partial charge on any atom is -0.481 e. The van der Waals surface area contributed by atoms with Crippen LogP contribution >= 0.6 is 0 Å². The molecule has 0 bridgehead atoms. The summed E-state index contributed by atoms with van der Waals surface area (Å²) in [5.41, 5.74) is 1.23. The smallest absolute Gasteiger partial charge is 0.303 e. The van der Waals surface area contributed by atoms with E-state index in [-0.39, 0.29) is 18.4 Å². The summed E-state index contributed by atoms with van der Waals surface area (Å²) in [4.78, 5) is 10.7. The minimum absolute atomic E-state index is 0.124. The summed E-state index contributed by atoms with van der Waals surface area (Å²) in [7, 11) is 0. The summed E-state index contributed by atoms with van der Waals surface area (Å²) >= 11 is 0. The van der Waals surface area contributed by atoms with Gasteiger partial charge in [-0.1, -0.05) is 17.7 Å². The third-order valence-corrected chi connectivity index (χ3v) is 4.64. The molecule has 2 aliphatic rings. The lowest BCUT2D eigenvalue weighted by Crippen LogP contribution is -2.17. The van der Waals surface area contributed by atoms with Gasteiger partial charge in [0.05, 0.1) is 12.4 Å². The Hall–Kier alpha value is -1.81. The molecule has 0 amide bonds. The zero-order valence-corrected chi connectivity index (χ0v) is 11.8. The molecule has 0 aromatic carbocycles. The van der Waals surface area contributed by atoms with Crippen LogP contribution in [0.3, 0.4) is 0 Å². The zero-order valence-electron chi connectivity index (χ0n) is 11.8. The van der Waals surface area contributed by atoms with E-state index in [1.54, 1.807) is 6.26 Å². The first-order chi connectivity index (χ1) is 10.1. The largest absolute Gasteiger partial charge is 0.481 e. The van der Waals surface area contributed by atoms with E-state index in [9.17, 15) is 9.90 Å². The van der Waals surface area contributed by atoms with Gasteiger partial charge in [0, 0.05) is 12.3 Å². The summed E-state index contributed by atoms with van der Waals surface area (Å²) in [6, 6.07) is 3.73. The predicted molar refractivity (Wildman–Crippen MR) is 78.4 cm³/mol. The molecule has 3 rings (SSSR count). The molecule has 1 aromatic heterocycles. The number of carboxylic acid groups (broad SMARTS) is 1. The highest BCUT2D eigenvalue weighted by Gasteiger charge is 2.43. The predicted octanol–water partition coefficient (Wildman–Crippen LogP) is 3.10. The molecular weight excluding hydrogens is 268 g/mol. The van der Waals surface area contributed by atoms with Gasteiger partial charge in [0.15, 0.2) is 0 Å².